The second kappa shape index (κ2) is 2.60. The molecule has 1 aliphatic rings. The van der Waals surface area contributed by atoms with Crippen LogP contribution in [0.1, 0.15) is 16.5 Å². The summed E-state index contributed by atoms with van der Waals surface area (Å²) in [4.78, 5) is 10.7. The average Bonchev–Trinajstić information content (AvgIpc) is 2.32. The molecule has 1 amide bonds. The first-order chi connectivity index (χ1) is 5.77. The largest absolute Gasteiger partial charge is 0.377 e. The Kier molecular flexibility index (Phi) is 1.58. The fourth-order valence-corrected chi connectivity index (χ4v) is 1.05. The third-order valence-corrected chi connectivity index (χ3v) is 1.86. The van der Waals surface area contributed by atoms with Crippen LogP contribution in [-0.4, -0.2) is 28.9 Å². The normalized spacial score (nSPS) is 17.3. The summed E-state index contributed by atoms with van der Waals surface area (Å²) >= 11 is 0. The molecule has 1 fully saturated rings. The maximum absolute atomic E-state index is 10.7. The number of hydrogen-bond acceptors (Lipinski definition) is 3. The summed E-state index contributed by atoms with van der Waals surface area (Å²) in [6.07, 6.45) is 1.74. The van der Waals surface area contributed by atoms with Gasteiger partial charge in [0, 0.05) is 6.20 Å². The van der Waals surface area contributed by atoms with Crippen LogP contribution in [-0.2, 0) is 4.74 Å². The minimum absolute atomic E-state index is 0.276. The molecule has 1 aromatic rings. The minimum atomic E-state index is -0.492. The number of rotatable bonds is 2. The van der Waals surface area contributed by atoms with Crippen molar-refractivity contribution in [2.45, 2.75) is 6.04 Å². The fraction of sp³-hybridized carbons (Fsp3) is 0.429. The summed E-state index contributed by atoms with van der Waals surface area (Å²) in [6, 6.07) is 1.89. The molecule has 0 saturated carbocycles. The van der Waals surface area contributed by atoms with E-state index in [-0.39, 0.29) is 6.04 Å². The van der Waals surface area contributed by atoms with E-state index >= 15 is 0 Å². The summed E-state index contributed by atoms with van der Waals surface area (Å²) in [5, 5.41) is 3.99. The highest BCUT2D eigenvalue weighted by Crippen LogP contribution is 2.15. The molecular formula is C7H9N3O2. The van der Waals surface area contributed by atoms with Gasteiger partial charge in [-0.2, -0.15) is 5.10 Å². The minimum Gasteiger partial charge on any atom is -0.377 e. The molecule has 0 aromatic carbocycles. The first kappa shape index (κ1) is 7.30. The summed E-state index contributed by atoms with van der Waals surface area (Å²) in [6.45, 7) is 1.33. The lowest BCUT2D eigenvalue weighted by atomic mass is 10.3. The summed E-state index contributed by atoms with van der Waals surface area (Å²) in [5.41, 5.74) is 5.35. The topological polar surface area (TPSA) is 70.1 Å². The van der Waals surface area contributed by atoms with Gasteiger partial charge in [-0.3, -0.25) is 9.48 Å². The van der Waals surface area contributed by atoms with Gasteiger partial charge in [0.1, 0.15) is 5.69 Å². The van der Waals surface area contributed by atoms with Crippen molar-refractivity contribution in [1.29, 1.82) is 0 Å². The molecule has 2 N–H and O–H groups in total. The quantitative estimate of drug-likeness (QED) is 0.648. The summed E-state index contributed by atoms with van der Waals surface area (Å²) < 4.78 is 6.69. The van der Waals surface area contributed by atoms with E-state index in [1.807, 2.05) is 0 Å². The summed E-state index contributed by atoms with van der Waals surface area (Å²) in [5.74, 6) is -0.492. The molecule has 0 unspecified atom stereocenters. The van der Waals surface area contributed by atoms with Crippen LogP contribution in [0, 0.1) is 0 Å². The van der Waals surface area contributed by atoms with Crippen molar-refractivity contribution in [2.75, 3.05) is 13.2 Å². The Hall–Kier alpha value is -1.36. The predicted octanol–water partition coefficient (Wildman–Crippen LogP) is -0.447. The number of nitrogens with zero attached hydrogens (tertiary/aromatic N) is 2. The highest BCUT2D eigenvalue weighted by Gasteiger charge is 2.21. The van der Waals surface area contributed by atoms with Gasteiger partial charge < -0.3 is 10.5 Å². The van der Waals surface area contributed by atoms with Crippen molar-refractivity contribution in [3.63, 3.8) is 0 Å². The Morgan fingerprint density at radius 2 is 2.50 bits per heavy atom. The molecule has 2 heterocycles. The zero-order valence-corrected chi connectivity index (χ0v) is 6.43. The van der Waals surface area contributed by atoms with Crippen LogP contribution in [0.5, 0.6) is 0 Å². The Morgan fingerprint density at radius 3 is 2.92 bits per heavy atom. The van der Waals surface area contributed by atoms with E-state index in [1.54, 1.807) is 16.9 Å². The lowest BCUT2D eigenvalue weighted by molar-refractivity contribution is -0.0287. The molecule has 1 aliphatic heterocycles. The molecule has 5 heteroatoms. The molecule has 0 spiro atoms. The number of carbonyl (C=O) groups is 1. The van der Waals surface area contributed by atoms with Gasteiger partial charge in [0.2, 0.25) is 0 Å². The number of ether oxygens (including phenoxy) is 1. The Labute approximate surface area is 69.1 Å². The van der Waals surface area contributed by atoms with Crippen molar-refractivity contribution < 1.29 is 9.53 Å². The standard InChI is InChI=1S/C7H9N3O2/c8-7(11)6-1-2-10(9-6)5-3-12-4-5/h1-2,5H,3-4H2,(H2,8,11). The Bertz CT molecular complexity index is 303. The van der Waals surface area contributed by atoms with E-state index in [4.69, 9.17) is 10.5 Å². The third-order valence-electron chi connectivity index (χ3n) is 1.86. The average molecular weight is 167 g/mol. The Balaban J connectivity index is 2.17. The molecular weight excluding hydrogens is 158 g/mol. The molecule has 12 heavy (non-hydrogen) atoms. The zero-order chi connectivity index (χ0) is 8.55. The fourth-order valence-electron chi connectivity index (χ4n) is 1.05. The van der Waals surface area contributed by atoms with Crippen molar-refractivity contribution in [1.82, 2.24) is 9.78 Å². The second-order valence-electron chi connectivity index (χ2n) is 2.74. The smallest absolute Gasteiger partial charge is 0.269 e. The van der Waals surface area contributed by atoms with Gasteiger partial charge in [0.25, 0.3) is 5.91 Å². The van der Waals surface area contributed by atoms with Crippen molar-refractivity contribution in [3.05, 3.63) is 18.0 Å². The molecule has 0 atom stereocenters. The molecule has 64 valence electrons. The van der Waals surface area contributed by atoms with Gasteiger partial charge >= 0.3 is 0 Å². The van der Waals surface area contributed by atoms with Gasteiger partial charge in [-0.15, -0.1) is 0 Å². The number of carbonyl (C=O) groups excluding carboxylic acids is 1. The third kappa shape index (κ3) is 1.08. The van der Waals surface area contributed by atoms with Crippen LogP contribution >= 0.6 is 0 Å². The van der Waals surface area contributed by atoms with E-state index in [2.05, 4.69) is 5.10 Å². The van der Waals surface area contributed by atoms with Gasteiger partial charge in [-0.25, -0.2) is 0 Å². The van der Waals surface area contributed by atoms with Crippen LogP contribution in [0.2, 0.25) is 0 Å². The maximum atomic E-state index is 10.7. The van der Waals surface area contributed by atoms with Crippen LogP contribution < -0.4 is 5.73 Å². The molecule has 5 nitrogen and oxygen atoms in total. The van der Waals surface area contributed by atoms with Crippen molar-refractivity contribution in [2.24, 2.45) is 5.73 Å². The van der Waals surface area contributed by atoms with Crippen LogP contribution in [0.3, 0.4) is 0 Å². The molecule has 0 aliphatic carbocycles. The van der Waals surface area contributed by atoms with E-state index in [0.29, 0.717) is 18.9 Å². The molecule has 0 bridgehead atoms. The first-order valence-corrected chi connectivity index (χ1v) is 3.70. The number of aromatic nitrogens is 2. The van der Waals surface area contributed by atoms with Crippen LogP contribution in [0.4, 0.5) is 0 Å². The number of primary amides is 1. The number of hydrogen-bond donors (Lipinski definition) is 1. The highest BCUT2D eigenvalue weighted by atomic mass is 16.5. The predicted molar refractivity (Wildman–Crippen MR) is 40.6 cm³/mol. The van der Waals surface area contributed by atoms with Crippen molar-refractivity contribution >= 4 is 5.91 Å². The highest BCUT2D eigenvalue weighted by molar-refractivity contribution is 5.90. The van der Waals surface area contributed by atoms with E-state index < -0.39 is 5.91 Å². The lowest BCUT2D eigenvalue weighted by Gasteiger charge is -2.25. The van der Waals surface area contributed by atoms with Crippen LogP contribution in [0.15, 0.2) is 12.3 Å². The van der Waals surface area contributed by atoms with Gasteiger partial charge in [-0.05, 0) is 6.07 Å². The molecule has 2 rings (SSSR count). The van der Waals surface area contributed by atoms with Gasteiger partial charge in [-0.1, -0.05) is 0 Å². The maximum Gasteiger partial charge on any atom is 0.269 e. The van der Waals surface area contributed by atoms with E-state index in [9.17, 15) is 4.79 Å². The van der Waals surface area contributed by atoms with E-state index in [0.717, 1.165) is 0 Å². The first-order valence-electron chi connectivity index (χ1n) is 3.70. The summed E-state index contributed by atoms with van der Waals surface area (Å²) in [7, 11) is 0. The Morgan fingerprint density at radius 1 is 1.75 bits per heavy atom. The monoisotopic (exact) mass is 167 g/mol. The lowest BCUT2D eigenvalue weighted by Crippen LogP contribution is -2.31. The number of nitrogens with two attached hydrogens (primary N) is 1. The van der Waals surface area contributed by atoms with Crippen molar-refractivity contribution in [3.8, 4) is 0 Å². The van der Waals surface area contributed by atoms with E-state index in [1.165, 1.54) is 0 Å². The SMILES string of the molecule is NC(=O)c1ccn(C2COC2)n1. The zero-order valence-electron chi connectivity index (χ0n) is 6.43. The molecule has 1 saturated heterocycles. The van der Waals surface area contributed by atoms with Gasteiger partial charge in [0.15, 0.2) is 0 Å². The second-order valence-corrected chi connectivity index (χ2v) is 2.74. The van der Waals surface area contributed by atoms with Crippen LogP contribution in [0.25, 0.3) is 0 Å². The molecule has 1 aromatic heterocycles. The van der Waals surface area contributed by atoms with Gasteiger partial charge in [0.05, 0.1) is 19.3 Å². The molecule has 0 radical (unpaired) electrons. The number of amides is 1.